The maximum Gasteiger partial charge on any atom is 0.229 e. The number of Topliss-reactive ketones (excluding diaryl/α,β-unsaturated/α-hetero) is 1. The fraction of sp³-hybridized carbons (Fsp3) is 0.429. The lowest BCUT2D eigenvalue weighted by Gasteiger charge is -2.16. The van der Waals surface area contributed by atoms with Crippen molar-refractivity contribution in [3.63, 3.8) is 0 Å². The van der Waals surface area contributed by atoms with Crippen LogP contribution in [0.15, 0.2) is 18.2 Å². The van der Waals surface area contributed by atoms with E-state index >= 15 is 0 Å². The predicted octanol–water partition coefficient (Wildman–Crippen LogP) is 1.81. The van der Waals surface area contributed by atoms with Crippen LogP contribution in [0.1, 0.15) is 18.9 Å². The number of carbonyl (C=O) groups excluding carboxylic acids is 2. The smallest absolute Gasteiger partial charge is 0.229 e. The second-order valence-electron chi connectivity index (χ2n) is 4.41. The predicted molar refractivity (Wildman–Crippen MR) is 69.6 cm³/mol. The minimum absolute atomic E-state index is 0.0898. The summed E-state index contributed by atoms with van der Waals surface area (Å²) in [6, 6.07) is 4.70. The molecule has 0 heterocycles. The van der Waals surface area contributed by atoms with Gasteiger partial charge in [-0.1, -0.05) is 6.07 Å². The van der Waals surface area contributed by atoms with Crippen molar-refractivity contribution in [2.24, 2.45) is 0 Å². The molecule has 4 nitrogen and oxygen atoms in total. The first-order valence-electron chi connectivity index (χ1n) is 6.00. The number of rotatable bonds is 6. The van der Waals surface area contributed by atoms with Crippen molar-refractivity contribution in [1.82, 2.24) is 4.90 Å². The number of hydrogen-bond donors (Lipinski definition) is 0. The van der Waals surface area contributed by atoms with E-state index in [4.69, 9.17) is 4.74 Å². The van der Waals surface area contributed by atoms with Gasteiger partial charge in [0.1, 0.15) is 5.78 Å². The molecule has 5 heteroatoms. The number of methoxy groups -OCH3 is 1. The standard InChI is InChI=1S/C14H18FNO3/c1-10(17)8-14(18)16(2)7-6-11-4-5-13(19-3)12(15)9-11/h4-5,9H,6-8H2,1-3H3. The number of carbonyl (C=O) groups is 2. The number of hydrogen-bond acceptors (Lipinski definition) is 3. The number of halogens is 1. The summed E-state index contributed by atoms with van der Waals surface area (Å²) in [5.41, 5.74) is 0.778. The van der Waals surface area contributed by atoms with Crippen molar-refractivity contribution in [2.45, 2.75) is 19.8 Å². The minimum atomic E-state index is -0.419. The molecule has 0 spiro atoms. The van der Waals surface area contributed by atoms with Crippen LogP contribution in [-0.4, -0.2) is 37.3 Å². The molecule has 0 aliphatic carbocycles. The lowest BCUT2D eigenvalue weighted by molar-refractivity contribution is -0.133. The molecule has 104 valence electrons. The topological polar surface area (TPSA) is 46.6 Å². The van der Waals surface area contributed by atoms with Gasteiger partial charge in [0.25, 0.3) is 0 Å². The molecular weight excluding hydrogens is 249 g/mol. The molecule has 0 bridgehead atoms. The summed E-state index contributed by atoms with van der Waals surface area (Å²) in [6.07, 6.45) is 0.439. The Bertz CT molecular complexity index is 474. The lowest BCUT2D eigenvalue weighted by atomic mass is 10.1. The molecule has 0 unspecified atom stereocenters. The second-order valence-corrected chi connectivity index (χ2v) is 4.41. The van der Waals surface area contributed by atoms with Crippen LogP contribution in [0, 0.1) is 5.82 Å². The Morgan fingerprint density at radius 2 is 2.05 bits per heavy atom. The molecule has 19 heavy (non-hydrogen) atoms. The van der Waals surface area contributed by atoms with Crippen LogP contribution in [0.5, 0.6) is 5.75 Å². The average Bonchev–Trinajstić information content (AvgIpc) is 2.35. The summed E-state index contributed by atoms with van der Waals surface area (Å²) in [7, 11) is 3.04. The van der Waals surface area contributed by atoms with Crippen LogP contribution < -0.4 is 4.74 Å². The third-order valence-corrected chi connectivity index (χ3v) is 2.78. The molecular formula is C14H18FNO3. The third-order valence-electron chi connectivity index (χ3n) is 2.78. The Morgan fingerprint density at radius 3 is 2.58 bits per heavy atom. The van der Waals surface area contributed by atoms with Crippen LogP contribution in [0.2, 0.25) is 0 Å². The monoisotopic (exact) mass is 267 g/mol. The van der Waals surface area contributed by atoms with E-state index in [9.17, 15) is 14.0 Å². The molecule has 1 rings (SSSR count). The molecule has 0 aliphatic heterocycles. The van der Waals surface area contributed by atoms with Gasteiger partial charge in [0.2, 0.25) is 5.91 Å². The fourth-order valence-corrected chi connectivity index (χ4v) is 1.63. The number of likely N-dealkylation sites (N-methyl/N-ethyl adjacent to an activating group) is 1. The van der Waals surface area contributed by atoms with Crippen molar-refractivity contribution in [3.05, 3.63) is 29.6 Å². The molecule has 0 fully saturated rings. The highest BCUT2D eigenvalue weighted by Gasteiger charge is 2.11. The normalized spacial score (nSPS) is 10.1. The Kier molecular flexibility index (Phi) is 5.48. The zero-order chi connectivity index (χ0) is 14.4. The molecule has 0 N–H and O–H groups in total. The van der Waals surface area contributed by atoms with Crippen LogP contribution in [0.4, 0.5) is 4.39 Å². The first-order chi connectivity index (χ1) is 8.93. The van der Waals surface area contributed by atoms with Crippen LogP contribution >= 0.6 is 0 Å². The largest absolute Gasteiger partial charge is 0.494 e. The highest BCUT2D eigenvalue weighted by atomic mass is 19.1. The first-order valence-corrected chi connectivity index (χ1v) is 6.00. The highest BCUT2D eigenvalue weighted by Crippen LogP contribution is 2.18. The van der Waals surface area contributed by atoms with Gasteiger partial charge in [-0.2, -0.15) is 0 Å². The van der Waals surface area contributed by atoms with Crippen molar-refractivity contribution < 1.29 is 18.7 Å². The van der Waals surface area contributed by atoms with Crippen molar-refractivity contribution in [1.29, 1.82) is 0 Å². The maximum absolute atomic E-state index is 13.5. The Balaban J connectivity index is 2.54. The van der Waals surface area contributed by atoms with Crippen molar-refractivity contribution in [3.8, 4) is 5.75 Å². The summed E-state index contributed by atoms with van der Waals surface area (Å²) in [4.78, 5) is 23.9. The third kappa shape index (κ3) is 4.69. The maximum atomic E-state index is 13.5. The average molecular weight is 267 g/mol. The number of ether oxygens (including phenoxy) is 1. The van der Waals surface area contributed by atoms with Gasteiger partial charge in [0.15, 0.2) is 11.6 Å². The summed E-state index contributed by atoms with van der Waals surface area (Å²) < 4.78 is 18.3. The number of nitrogens with zero attached hydrogens (tertiary/aromatic N) is 1. The molecule has 0 atom stereocenters. The number of amides is 1. The summed E-state index contributed by atoms with van der Waals surface area (Å²) in [6.45, 7) is 1.82. The van der Waals surface area contributed by atoms with Gasteiger partial charge in [-0.3, -0.25) is 9.59 Å². The Hall–Kier alpha value is -1.91. The lowest BCUT2D eigenvalue weighted by Crippen LogP contribution is -2.30. The first kappa shape index (κ1) is 15.1. The van der Waals surface area contributed by atoms with Gasteiger partial charge in [-0.15, -0.1) is 0 Å². The van der Waals surface area contributed by atoms with Crippen LogP contribution in [-0.2, 0) is 16.0 Å². The van der Waals surface area contributed by atoms with Gasteiger partial charge >= 0.3 is 0 Å². The SMILES string of the molecule is COc1ccc(CCN(C)C(=O)CC(C)=O)cc1F. The van der Waals surface area contributed by atoms with Crippen LogP contribution in [0.3, 0.4) is 0 Å². The molecule has 0 radical (unpaired) electrons. The van der Waals surface area contributed by atoms with Gasteiger partial charge in [-0.25, -0.2) is 4.39 Å². The Labute approximate surface area is 112 Å². The zero-order valence-electron chi connectivity index (χ0n) is 11.4. The van der Waals surface area contributed by atoms with E-state index in [1.54, 1.807) is 19.2 Å². The molecule has 0 saturated carbocycles. The van der Waals surface area contributed by atoms with E-state index in [1.165, 1.54) is 25.0 Å². The molecule has 0 saturated heterocycles. The summed E-state index contributed by atoms with van der Waals surface area (Å²) in [5.74, 6) is -0.601. The molecule has 0 aromatic heterocycles. The van der Waals surface area contributed by atoms with Crippen molar-refractivity contribution >= 4 is 11.7 Å². The van der Waals surface area contributed by atoms with Gasteiger partial charge in [0, 0.05) is 13.6 Å². The second kappa shape index (κ2) is 6.87. The number of benzene rings is 1. The van der Waals surface area contributed by atoms with Gasteiger partial charge < -0.3 is 9.64 Å². The highest BCUT2D eigenvalue weighted by molar-refractivity contribution is 5.96. The Morgan fingerprint density at radius 1 is 1.37 bits per heavy atom. The zero-order valence-corrected chi connectivity index (χ0v) is 11.4. The molecule has 1 amide bonds. The minimum Gasteiger partial charge on any atom is -0.494 e. The quantitative estimate of drug-likeness (QED) is 0.739. The van der Waals surface area contributed by atoms with E-state index < -0.39 is 5.82 Å². The molecule has 1 aromatic carbocycles. The number of ketones is 1. The van der Waals surface area contributed by atoms with E-state index in [1.807, 2.05) is 0 Å². The van der Waals surface area contributed by atoms with Gasteiger partial charge in [0.05, 0.1) is 13.5 Å². The van der Waals surface area contributed by atoms with Crippen molar-refractivity contribution in [2.75, 3.05) is 20.7 Å². The summed E-state index contributed by atoms with van der Waals surface area (Å²) >= 11 is 0. The van der Waals surface area contributed by atoms with E-state index in [-0.39, 0.29) is 23.9 Å². The molecule has 1 aromatic rings. The fourth-order valence-electron chi connectivity index (χ4n) is 1.63. The van der Waals surface area contributed by atoms with E-state index in [0.717, 1.165) is 5.56 Å². The van der Waals surface area contributed by atoms with E-state index in [2.05, 4.69) is 0 Å². The van der Waals surface area contributed by atoms with Gasteiger partial charge in [-0.05, 0) is 31.0 Å². The van der Waals surface area contributed by atoms with Crippen LogP contribution in [0.25, 0.3) is 0 Å². The molecule has 0 aliphatic rings. The van der Waals surface area contributed by atoms with E-state index in [0.29, 0.717) is 13.0 Å². The summed E-state index contributed by atoms with van der Waals surface area (Å²) in [5, 5.41) is 0.